The van der Waals surface area contributed by atoms with Crippen LogP contribution in [0.15, 0.2) is 0 Å². The fourth-order valence-corrected chi connectivity index (χ4v) is 1.42. The summed E-state index contributed by atoms with van der Waals surface area (Å²) in [5.74, 6) is 0. The van der Waals surface area contributed by atoms with Gasteiger partial charge in [0.15, 0.2) is 0 Å². The number of hydrogen-bond donors (Lipinski definition) is 0. The molecule has 0 aromatic rings. The zero-order chi connectivity index (χ0) is 6.78. The Morgan fingerprint density at radius 1 is 1.38 bits per heavy atom. The van der Waals surface area contributed by atoms with Gasteiger partial charge in [-0.25, -0.2) is 0 Å². The van der Waals surface area contributed by atoms with Crippen LogP contribution in [0.2, 0.25) is 19.6 Å². The molecule has 3 heteroatoms. The normalized spacial score (nSPS) is 12.8. The maximum absolute atomic E-state index is 3.49. The van der Waals surface area contributed by atoms with E-state index in [1.807, 2.05) is 0 Å². The molecule has 0 rings (SSSR count). The topological polar surface area (TPSA) is 3.24 Å². The van der Waals surface area contributed by atoms with Crippen LogP contribution in [0.1, 0.15) is 6.92 Å². The Kier molecular flexibility index (Phi) is 3.23. The summed E-state index contributed by atoms with van der Waals surface area (Å²) in [6.45, 7) is 10.2. The summed E-state index contributed by atoms with van der Waals surface area (Å²) in [6, 6.07) is 0. The molecule has 0 aromatic carbocycles. The van der Waals surface area contributed by atoms with Crippen molar-refractivity contribution in [1.29, 1.82) is 0 Å². The molecule has 0 fully saturated rings. The SMILES string of the molecule is CCN(Br)[Si](C)(C)C. The van der Waals surface area contributed by atoms with Gasteiger partial charge in [-0.3, -0.25) is 3.59 Å². The minimum atomic E-state index is -1.01. The molecule has 0 saturated heterocycles. The lowest BCUT2D eigenvalue weighted by atomic mass is 10.8. The summed E-state index contributed by atoms with van der Waals surface area (Å²) in [6.07, 6.45) is 0. The molecule has 0 amide bonds. The van der Waals surface area contributed by atoms with Crippen molar-refractivity contribution >= 4 is 24.4 Å². The maximum Gasteiger partial charge on any atom is 0.131 e. The van der Waals surface area contributed by atoms with Crippen molar-refractivity contribution in [2.45, 2.75) is 26.6 Å². The monoisotopic (exact) mass is 195 g/mol. The van der Waals surface area contributed by atoms with Gasteiger partial charge in [-0.15, -0.1) is 0 Å². The lowest BCUT2D eigenvalue weighted by molar-refractivity contribution is 0.740. The number of halogens is 1. The summed E-state index contributed by atoms with van der Waals surface area (Å²) in [5, 5.41) is 0. The molecule has 0 N–H and O–H groups in total. The van der Waals surface area contributed by atoms with E-state index in [4.69, 9.17) is 0 Å². The molecule has 0 aliphatic heterocycles. The molecule has 0 spiro atoms. The van der Waals surface area contributed by atoms with E-state index in [0.717, 1.165) is 6.54 Å². The highest BCUT2D eigenvalue weighted by Crippen LogP contribution is 2.12. The average Bonchev–Trinajstić information content (AvgIpc) is 1.62. The molecule has 0 heterocycles. The quantitative estimate of drug-likeness (QED) is 0.484. The third-order valence-corrected chi connectivity index (χ3v) is 6.47. The van der Waals surface area contributed by atoms with Gasteiger partial charge in [-0.05, 0) is 6.54 Å². The molecular weight excluding hydrogens is 182 g/mol. The third kappa shape index (κ3) is 2.84. The Balaban J connectivity index is 3.62. The van der Waals surface area contributed by atoms with Crippen molar-refractivity contribution < 1.29 is 0 Å². The predicted octanol–water partition coefficient (Wildman–Crippen LogP) is 2.45. The van der Waals surface area contributed by atoms with E-state index in [1.165, 1.54) is 0 Å². The summed E-state index contributed by atoms with van der Waals surface area (Å²) in [7, 11) is -1.01. The molecular formula is C5H14BrNSi. The molecule has 1 nitrogen and oxygen atoms in total. The molecule has 50 valence electrons. The van der Waals surface area contributed by atoms with Crippen LogP contribution in [0.5, 0.6) is 0 Å². The molecule has 0 aliphatic carbocycles. The van der Waals surface area contributed by atoms with E-state index in [0.29, 0.717) is 0 Å². The minimum absolute atomic E-state index is 1.01. The Labute approximate surface area is 61.5 Å². The molecule has 0 unspecified atom stereocenters. The van der Waals surface area contributed by atoms with Crippen LogP contribution >= 0.6 is 16.1 Å². The summed E-state index contributed by atoms with van der Waals surface area (Å²) < 4.78 is 2.26. The van der Waals surface area contributed by atoms with Gasteiger partial charge in [0.1, 0.15) is 8.24 Å². The van der Waals surface area contributed by atoms with Gasteiger partial charge < -0.3 is 0 Å². The van der Waals surface area contributed by atoms with Crippen LogP contribution in [0.3, 0.4) is 0 Å². The standard InChI is InChI=1S/C5H14BrNSi/c1-5-7(6)8(2,3)4/h5H2,1-4H3. The first-order valence-corrected chi connectivity index (χ1v) is 7.07. The molecule has 0 aliphatic rings. The molecule has 0 bridgehead atoms. The number of rotatable bonds is 2. The minimum Gasteiger partial charge on any atom is -0.264 e. The van der Waals surface area contributed by atoms with Crippen LogP contribution < -0.4 is 0 Å². The van der Waals surface area contributed by atoms with Crippen molar-refractivity contribution in [2.24, 2.45) is 0 Å². The van der Waals surface area contributed by atoms with Crippen molar-refractivity contribution in [2.75, 3.05) is 6.54 Å². The van der Waals surface area contributed by atoms with E-state index in [2.05, 4.69) is 46.3 Å². The van der Waals surface area contributed by atoms with Crippen molar-refractivity contribution in [1.82, 2.24) is 3.59 Å². The molecule has 0 aromatic heterocycles. The van der Waals surface area contributed by atoms with Gasteiger partial charge in [0.05, 0.1) is 0 Å². The fraction of sp³-hybridized carbons (Fsp3) is 1.00. The highest BCUT2D eigenvalue weighted by atomic mass is 79.9. The van der Waals surface area contributed by atoms with E-state index in [9.17, 15) is 0 Å². The fourth-order valence-electron chi connectivity index (χ4n) is 0.474. The van der Waals surface area contributed by atoms with Gasteiger partial charge in [-0.2, -0.15) is 0 Å². The van der Waals surface area contributed by atoms with Crippen LogP contribution in [0.25, 0.3) is 0 Å². The molecule has 8 heavy (non-hydrogen) atoms. The third-order valence-electron chi connectivity index (χ3n) is 1.01. The Bertz CT molecular complexity index is 69.3. The van der Waals surface area contributed by atoms with Crippen LogP contribution in [0, 0.1) is 0 Å². The van der Waals surface area contributed by atoms with Crippen molar-refractivity contribution in [3.8, 4) is 0 Å². The van der Waals surface area contributed by atoms with E-state index in [-0.39, 0.29) is 0 Å². The zero-order valence-corrected chi connectivity index (χ0v) is 8.62. The summed E-state index contributed by atoms with van der Waals surface area (Å²) >= 11 is 3.49. The maximum atomic E-state index is 3.49. The first-order chi connectivity index (χ1) is 3.48. The Morgan fingerprint density at radius 2 is 1.75 bits per heavy atom. The smallest absolute Gasteiger partial charge is 0.131 e. The van der Waals surface area contributed by atoms with Gasteiger partial charge in [-0.1, -0.05) is 26.6 Å². The number of nitrogens with zero attached hydrogens (tertiary/aromatic N) is 1. The van der Waals surface area contributed by atoms with Gasteiger partial charge in [0.25, 0.3) is 0 Å². The molecule has 0 saturated carbocycles. The zero-order valence-electron chi connectivity index (χ0n) is 6.03. The Hall–Kier alpha value is 0.657. The first-order valence-electron chi connectivity index (χ1n) is 2.92. The largest absolute Gasteiger partial charge is 0.264 e. The second-order valence-corrected chi connectivity index (χ2v) is 9.24. The summed E-state index contributed by atoms with van der Waals surface area (Å²) in [5.41, 5.74) is 0. The lowest BCUT2D eigenvalue weighted by Gasteiger charge is -2.25. The van der Waals surface area contributed by atoms with E-state index >= 15 is 0 Å². The van der Waals surface area contributed by atoms with Crippen LogP contribution in [0.4, 0.5) is 0 Å². The molecule has 0 radical (unpaired) electrons. The van der Waals surface area contributed by atoms with E-state index in [1.54, 1.807) is 0 Å². The average molecular weight is 196 g/mol. The summed E-state index contributed by atoms with van der Waals surface area (Å²) in [4.78, 5) is 0. The van der Waals surface area contributed by atoms with Crippen LogP contribution in [-0.4, -0.2) is 18.4 Å². The van der Waals surface area contributed by atoms with Gasteiger partial charge in [0.2, 0.25) is 0 Å². The predicted molar refractivity (Wildman–Crippen MR) is 44.7 cm³/mol. The van der Waals surface area contributed by atoms with Crippen LogP contribution in [-0.2, 0) is 0 Å². The van der Waals surface area contributed by atoms with Crippen molar-refractivity contribution in [3.63, 3.8) is 0 Å². The molecule has 0 atom stereocenters. The van der Waals surface area contributed by atoms with Gasteiger partial charge >= 0.3 is 0 Å². The highest BCUT2D eigenvalue weighted by molar-refractivity contribution is 9.08. The second-order valence-electron chi connectivity index (χ2n) is 2.85. The first kappa shape index (κ1) is 8.66. The van der Waals surface area contributed by atoms with E-state index < -0.39 is 8.24 Å². The Morgan fingerprint density at radius 3 is 1.75 bits per heavy atom. The van der Waals surface area contributed by atoms with Crippen molar-refractivity contribution in [3.05, 3.63) is 0 Å². The van der Waals surface area contributed by atoms with Gasteiger partial charge in [0, 0.05) is 16.1 Å². The second kappa shape index (κ2) is 2.99. The number of hydrogen-bond acceptors (Lipinski definition) is 1. The lowest BCUT2D eigenvalue weighted by Crippen LogP contribution is -2.38. The highest BCUT2D eigenvalue weighted by Gasteiger charge is 2.18.